The molecule has 0 amide bonds. The maximum absolute atomic E-state index is 11.6. The summed E-state index contributed by atoms with van der Waals surface area (Å²) in [6.07, 6.45) is 1.18. The zero-order chi connectivity index (χ0) is 14.5. The van der Waals surface area contributed by atoms with Crippen molar-refractivity contribution >= 4 is 29.4 Å². The van der Waals surface area contributed by atoms with E-state index in [2.05, 4.69) is 19.9 Å². The number of aliphatic imine (C=N–C) groups is 1. The number of aliphatic hydroxyl groups excluding tert-OH is 1. The topological polar surface area (TPSA) is 115 Å². The average molecular weight is 272 g/mol. The van der Waals surface area contributed by atoms with Crippen LogP contribution in [0.2, 0.25) is 0 Å². The van der Waals surface area contributed by atoms with Crippen LogP contribution >= 0.6 is 0 Å². The van der Waals surface area contributed by atoms with Gasteiger partial charge in [0.15, 0.2) is 5.78 Å². The number of carbonyl (C=O) groups excluding carboxylic acids is 1. The van der Waals surface area contributed by atoms with E-state index in [1.54, 1.807) is 30.3 Å². The third kappa shape index (κ3) is 2.89. The number of carbonyl (C=O) groups is 1. The molecule has 0 spiro atoms. The fraction of sp³-hybridized carbons (Fsp3) is 0.0769. The van der Waals surface area contributed by atoms with Gasteiger partial charge in [0.1, 0.15) is 5.76 Å². The molecular weight excluding hydrogens is 260 g/mol. The molecule has 0 bridgehead atoms. The number of allylic oxidation sites excluding steroid dienone is 1. The molecule has 0 aliphatic carbocycles. The summed E-state index contributed by atoms with van der Waals surface area (Å²) in [5.41, 5.74) is 6.00. The molecule has 0 aliphatic heterocycles. The van der Waals surface area contributed by atoms with E-state index in [-0.39, 0.29) is 28.8 Å². The van der Waals surface area contributed by atoms with E-state index >= 15 is 0 Å². The third-order valence-corrected chi connectivity index (χ3v) is 2.49. The summed E-state index contributed by atoms with van der Waals surface area (Å²) >= 11 is 0. The van der Waals surface area contributed by atoms with Gasteiger partial charge in [0.2, 0.25) is 11.6 Å². The van der Waals surface area contributed by atoms with Crippen LogP contribution in [-0.2, 0) is 4.79 Å². The Morgan fingerprint density at radius 2 is 2.05 bits per heavy atom. The molecular formula is C13H12N4O3. The van der Waals surface area contributed by atoms with Crippen molar-refractivity contribution in [2.45, 2.75) is 6.92 Å². The predicted octanol–water partition coefficient (Wildman–Crippen LogP) is 1.91. The first-order chi connectivity index (χ1) is 9.59. The molecule has 0 saturated carbocycles. The molecule has 0 saturated heterocycles. The zero-order valence-electron chi connectivity index (χ0n) is 10.6. The zero-order valence-corrected chi connectivity index (χ0v) is 10.6. The molecule has 1 aromatic heterocycles. The summed E-state index contributed by atoms with van der Waals surface area (Å²) in [7, 11) is 0. The molecule has 0 unspecified atom stereocenters. The van der Waals surface area contributed by atoms with Crippen molar-refractivity contribution in [2.75, 3.05) is 5.73 Å². The maximum atomic E-state index is 11.6. The Labute approximate surface area is 114 Å². The minimum absolute atomic E-state index is 0.00310. The van der Waals surface area contributed by atoms with Crippen molar-refractivity contribution in [3.05, 3.63) is 41.5 Å². The Balaban J connectivity index is 2.40. The fourth-order valence-corrected chi connectivity index (χ4v) is 1.48. The normalized spacial score (nSPS) is 12.4. The van der Waals surface area contributed by atoms with Crippen molar-refractivity contribution in [2.24, 2.45) is 4.99 Å². The van der Waals surface area contributed by atoms with Crippen LogP contribution < -0.4 is 5.73 Å². The predicted molar refractivity (Wildman–Crippen MR) is 73.5 cm³/mol. The van der Waals surface area contributed by atoms with Crippen LogP contribution in [0, 0.1) is 0 Å². The summed E-state index contributed by atoms with van der Waals surface area (Å²) in [5.74, 6) is -0.463. The highest BCUT2D eigenvalue weighted by Crippen LogP contribution is 2.18. The van der Waals surface area contributed by atoms with Crippen molar-refractivity contribution < 1.29 is 14.5 Å². The van der Waals surface area contributed by atoms with Crippen LogP contribution in [0.5, 0.6) is 0 Å². The molecule has 102 valence electrons. The smallest absolute Gasteiger partial charge is 0.240 e. The second-order valence-corrected chi connectivity index (χ2v) is 3.92. The van der Waals surface area contributed by atoms with Gasteiger partial charge < -0.3 is 10.8 Å². The van der Waals surface area contributed by atoms with E-state index in [4.69, 9.17) is 5.73 Å². The summed E-state index contributed by atoms with van der Waals surface area (Å²) in [5, 5.41) is 16.9. The number of nitrogens with two attached hydrogens (primary N) is 1. The first kappa shape index (κ1) is 13.5. The Hall–Kier alpha value is -2.96. The van der Waals surface area contributed by atoms with Crippen molar-refractivity contribution in [1.29, 1.82) is 0 Å². The molecule has 0 aliphatic rings. The van der Waals surface area contributed by atoms with E-state index < -0.39 is 0 Å². The van der Waals surface area contributed by atoms with Crippen molar-refractivity contribution in [3.63, 3.8) is 0 Å². The standard InChI is InChI=1S/C13H12N4O3/c1-8(18)10(7-15-13-12(14)16-20-17-13)11(19)9-5-3-2-4-6-9/h2-7,19H,1H3,(H2,14,16)/b11-10-,15-7?. The molecule has 0 atom stereocenters. The lowest BCUT2D eigenvalue weighted by atomic mass is 10.1. The van der Waals surface area contributed by atoms with Gasteiger partial charge in [-0.15, -0.1) is 0 Å². The van der Waals surface area contributed by atoms with Gasteiger partial charge in [-0.3, -0.25) is 4.79 Å². The quantitative estimate of drug-likeness (QED) is 0.499. The van der Waals surface area contributed by atoms with Crippen molar-refractivity contribution in [1.82, 2.24) is 10.3 Å². The van der Waals surface area contributed by atoms with Crippen LogP contribution in [0.4, 0.5) is 11.6 Å². The molecule has 0 fully saturated rings. The number of nitrogen functional groups attached to an aromatic ring is 1. The van der Waals surface area contributed by atoms with Gasteiger partial charge in [-0.2, -0.15) is 0 Å². The van der Waals surface area contributed by atoms with Gasteiger partial charge in [0.25, 0.3) is 0 Å². The highest BCUT2D eigenvalue weighted by atomic mass is 16.6. The number of aromatic nitrogens is 2. The number of nitrogens with zero attached hydrogens (tertiary/aromatic N) is 3. The lowest BCUT2D eigenvalue weighted by Gasteiger charge is -2.03. The Morgan fingerprint density at radius 3 is 2.60 bits per heavy atom. The second kappa shape index (κ2) is 5.79. The van der Waals surface area contributed by atoms with Gasteiger partial charge in [0, 0.05) is 11.8 Å². The van der Waals surface area contributed by atoms with E-state index in [0.717, 1.165) is 0 Å². The highest BCUT2D eigenvalue weighted by Gasteiger charge is 2.11. The highest BCUT2D eigenvalue weighted by molar-refractivity contribution is 6.17. The van der Waals surface area contributed by atoms with Crippen LogP contribution in [0.15, 0.2) is 45.5 Å². The summed E-state index contributed by atoms with van der Waals surface area (Å²) in [6.45, 7) is 1.32. The van der Waals surface area contributed by atoms with Gasteiger partial charge in [0.05, 0.1) is 5.57 Å². The number of hydrogen-bond donors (Lipinski definition) is 2. The Kier molecular flexibility index (Phi) is 3.90. The van der Waals surface area contributed by atoms with Gasteiger partial charge in [-0.1, -0.05) is 30.3 Å². The third-order valence-electron chi connectivity index (χ3n) is 2.49. The van der Waals surface area contributed by atoms with E-state index in [1.165, 1.54) is 13.1 Å². The molecule has 3 N–H and O–H groups in total. The van der Waals surface area contributed by atoms with Crippen molar-refractivity contribution in [3.8, 4) is 0 Å². The number of hydrogen-bond acceptors (Lipinski definition) is 7. The molecule has 2 rings (SSSR count). The lowest BCUT2D eigenvalue weighted by molar-refractivity contribution is -0.113. The molecule has 1 aromatic carbocycles. The van der Waals surface area contributed by atoms with Gasteiger partial charge in [-0.25, -0.2) is 9.62 Å². The minimum atomic E-state index is -0.342. The fourth-order valence-electron chi connectivity index (χ4n) is 1.48. The summed E-state index contributed by atoms with van der Waals surface area (Å²) in [6, 6.07) is 8.66. The van der Waals surface area contributed by atoms with E-state index in [0.29, 0.717) is 5.56 Å². The van der Waals surface area contributed by atoms with Crippen LogP contribution in [0.1, 0.15) is 12.5 Å². The number of aliphatic hydroxyl groups is 1. The van der Waals surface area contributed by atoms with Crippen LogP contribution in [0.25, 0.3) is 5.76 Å². The first-order valence-electron chi connectivity index (χ1n) is 5.71. The van der Waals surface area contributed by atoms with Gasteiger partial charge >= 0.3 is 0 Å². The van der Waals surface area contributed by atoms with Gasteiger partial charge in [-0.05, 0) is 17.2 Å². The number of Topliss-reactive ketones (excluding diaryl/α,β-unsaturated/α-hetero) is 1. The van der Waals surface area contributed by atoms with Crippen LogP contribution in [-0.4, -0.2) is 27.4 Å². The number of anilines is 1. The molecule has 7 heteroatoms. The molecule has 0 radical (unpaired) electrons. The monoisotopic (exact) mass is 272 g/mol. The maximum Gasteiger partial charge on any atom is 0.240 e. The van der Waals surface area contributed by atoms with E-state index in [1.807, 2.05) is 0 Å². The number of ketones is 1. The number of benzene rings is 1. The molecule has 1 heterocycles. The van der Waals surface area contributed by atoms with Crippen LogP contribution in [0.3, 0.4) is 0 Å². The molecule has 7 nitrogen and oxygen atoms in total. The lowest BCUT2D eigenvalue weighted by Crippen LogP contribution is -2.03. The SMILES string of the molecule is CC(=O)/C(C=Nc1nonc1N)=C(\O)c1ccccc1. The number of rotatable bonds is 4. The molecule has 20 heavy (non-hydrogen) atoms. The Bertz CT molecular complexity index is 674. The summed E-state index contributed by atoms with van der Waals surface area (Å²) in [4.78, 5) is 15.5. The minimum Gasteiger partial charge on any atom is -0.507 e. The molecule has 2 aromatic rings. The second-order valence-electron chi connectivity index (χ2n) is 3.92. The Morgan fingerprint density at radius 1 is 1.35 bits per heavy atom. The summed E-state index contributed by atoms with van der Waals surface area (Å²) < 4.78 is 4.38. The van der Waals surface area contributed by atoms with E-state index in [9.17, 15) is 9.90 Å². The first-order valence-corrected chi connectivity index (χ1v) is 5.71. The average Bonchev–Trinajstić information content (AvgIpc) is 2.85. The largest absolute Gasteiger partial charge is 0.507 e.